The van der Waals surface area contributed by atoms with E-state index in [2.05, 4.69) is 5.32 Å². The smallest absolute Gasteiger partial charge is 0.251 e. The van der Waals surface area contributed by atoms with Gasteiger partial charge in [0, 0.05) is 5.56 Å². The summed E-state index contributed by atoms with van der Waals surface area (Å²) in [5.41, 5.74) is 0.842. The van der Waals surface area contributed by atoms with Gasteiger partial charge in [-0.3, -0.25) is 4.79 Å². The molecule has 0 saturated heterocycles. The Balaban J connectivity index is 2.16. The van der Waals surface area contributed by atoms with Crippen LogP contribution in [0.1, 0.15) is 28.9 Å². The molecule has 0 fully saturated rings. The van der Waals surface area contributed by atoms with E-state index in [1.165, 1.54) is 20.3 Å². The van der Waals surface area contributed by atoms with E-state index in [4.69, 9.17) is 9.47 Å². The van der Waals surface area contributed by atoms with E-state index in [-0.39, 0.29) is 5.91 Å². The molecule has 0 spiro atoms. The first-order valence-corrected chi connectivity index (χ1v) is 6.94. The van der Waals surface area contributed by atoms with Crippen molar-refractivity contribution in [2.75, 3.05) is 14.2 Å². The number of amides is 1. The van der Waals surface area contributed by atoms with Crippen LogP contribution in [-0.2, 0) is 0 Å². The number of carbonyl (C=O) groups is 1. The zero-order valence-electron chi connectivity index (χ0n) is 13.0. The van der Waals surface area contributed by atoms with Crippen LogP contribution in [0, 0.1) is 11.6 Å². The van der Waals surface area contributed by atoms with E-state index >= 15 is 0 Å². The first-order valence-electron chi connectivity index (χ1n) is 6.94. The van der Waals surface area contributed by atoms with Gasteiger partial charge in [-0.1, -0.05) is 6.07 Å². The monoisotopic (exact) mass is 321 g/mol. The summed E-state index contributed by atoms with van der Waals surface area (Å²) < 4.78 is 36.5. The highest BCUT2D eigenvalue weighted by atomic mass is 19.2. The molecule has 1 atom stereocenters. The third kappa shape index (κ3) is 3.77. The molecule has 0 heterocycles. The second-order valence-electron chi connectivity index (χ2n) is 4.94. The minimum Gasteiger partial charge on any atom is -0.493 e. The quantitative estimate of drug-likeness (QED) is 0.917. The summed E-state index contributed by atoms with van der Waals surface area (Å²) in [6, 6.07) is 7.80. The van der Waals surface area contributed by atoms with Crippen molar-refractivity contribution in [2.24, 2.45) is 0 Å². The molecule has 0 radical (unpaired) electrons. The first kappa shape index (κ1) is 16.7. The zero-order chi connectivity index (χ0) is 17.0. The lowest BCUT2D eigenvalue weighted by Gasteiger charge is -2.15. The number of rotatable bonds is 5. The maximum absolute atomic E-state index is 13.3. The Bertz CT molecular complexity index is 719. The van der Waals surface area contributed by atoms with Crippen LogP contribution in [-0.4, -0.2) is 20.1 Å². The van der Waals surface area contributed by atoms with Crippen molar-refractivity contribution in [3.05, 3.63) is 59.2 Å². The van der Waals surface area contributed by atoms with Gasteiger partial charge < -0.3 is 14.8 Å². The van der Waals surface area contributed by atoms with E-state index in [1.54, 1.807) is 25.1 Å². The number of halogens is 2. The van der Waals surface area contributed by atoms with Gasteiger partial charge in [-0.15, -0.1) is 0 Å². The summed E-state index contributed by atoms with van der Waals surface area (Å²) >= 11 is 0. The number of nitrogens with one attached hydrogen (secondary N) is 1. The summed E-state index contributed by atoms with van der Waals surface area (Å²) in [6.45, 7) is 1.69. The van der Waals surface area contributed by atoms with Crippen LogP contribution in [0.3, 0.4) is 0 Å². The SMILES string of the molecule is COc1ccc(C(=O)NC(C)c2ccc(F)c(F)c2)cc1OC. The van der Waals surface area contributed by atoms with Crippen molar-refractivity contribution < 1.29 is 23.0 Å². The predicted octanol–water partition coefficient (Wildman–Crippen LogP) is 3.47. The molecule has 0 aromatic heterocycles. The van der Waals surface area contributed by atoms with Crippen LogP contribution in [0.4, 0.5) is 8.78 Å². The van der Waals surface area contributed by atoms with Crippen molar-refractivity contribution >= 4 is 5.91 Å². The molecule has 0 saturated carbocycles. The molecule has 122 valence electrons. The van der Waals surface area contributed by atoms with Crippen molar-refractivity contribution in [1.29, 1.82) is 0 Å². The maximum Gasteiger partial charge on any atom is 0.251 e. The Labute approximate surface area is 133 Å². The summed E-state index contributed by atoms with van der Waals surface area (Å²) in [7, 11) is 2.98. The molecule has 0 aliphatic heterocycles. The van der Waals surface area contributed by atoms with Gasteiger partial charge in [-0.25, -0.2) is 8.78 Å². The fourth-order valence-corrected chi connectivity index (χ4v) is 2.12. The fourth-order valence-electron chi connectivity index (χ4n) is 2.12. The van der Waals surface area contributed by atoms with E-state index in [1.807, 2.05) is 0 Å². The molecule has 2 aromatic carbocycles. The average Bonchev–Trinajstić information content (AvgIpc) is 2.56. The molecule has 2 rings (SSSR count). The van der Waals surface area contributed by atoms with E-state index in [0.717, 1.165) is 12.1 Å². The molecule has 1 amide bonds. The van der Waals surface area contributed by atoms with Crippen molar-refractivity contribution in [3.63, 3.8) is 0 Å². The normalized spacial score (nSPS) is 11.7. The Hall–Kier alpha value is -2.63. The zero-order valence-corrected chi connectivity index (χ0v) is 13.0. The Kier molecular flexibility index (Phi) is 5.16. The second kappa shape index (κ2) is 7.09. The average molecular weight is 321 g/mol. The van der Waals surface area contributed by atoms with Gasteiger partial charge in [-0.2, -0.15) is 0 Å². The summed E-state index contributed by atoms with van der Waals surface area (Å²) in [5, 5.41) is 2.72. The first-order chi connectivity index (χ1) is 11.0. The molecular weight excluding hydrogens is 304 g/mol. The van der Waals surface area contributed by atoms with Crippen molar-refractivity contribution in [2.45, 2.75) is 13.0 Å². The lowest BCUT2D eigenvalue weighted by molar-refractivity contribution is 0.0939. The highest BCUT2D eigenvalue weighted by Gasteiger charge is 2.15. The van der Waals surface area contributed by atoms with E-state index < -0.39 is 17.7 Å². The van der Waals surface area contributed by atoms with Gasteiger partial charge in [0.2, 0.25) is 0 Å². The summed E-state index contributed by atoms with van der Waals surface area (Å²) in [4.78, 5) is 12.3. The molecule has 0 aliphatic carbocycles. The molecule has 1 N–H and O–H groups in total. The number of ether oxygens (including phenoxy) is 2. The number of benzene rings is 2. The van der Waals surface area contributed by atoms with Crippen LogP contribution in [0.15, 0.2) is 36.4 Å². The molecule has 0 aliphatic rings. The molecule has 0 bridgehead atoms. The molecule has 4 nitrogen and oxygen atoms in total. The Morgan fingerprint density at radius 1 is 1.00 bits per heavy atom. The van der Waals surface area contributed by atoms with Gasteiger partial charge in [0.15, 0.2) is 23.1 Å². The minimum absolute atomic E-state index is 0.358. The van der Waals surface area contributed by atoms with Crippen LogP contribution in [0.25, 0.3) is 0 Å². The maximum atomic E-state index is 13.3. The van der Waals surface area contributed by atoms with Crippen LogP contribution >= 0.6 is 0 Å². The minimum atomic E-state index is -0.949. The number of methoxy groups -OCH3 is 2. The van der Waals surface area contributed by atoms with E-state index in [9.17, 15) is 13.6 Å². The van der Waals surface area contributed by atoms with Gasteiger partial charge in [0.1, 0.15) is 0 Å². The second-order valence-corrected chi connectivity index (χ2v) is 4.94. The number of hydrogen-bond acceptors (Lipinski definition) is 3. The Morgan fingerprint density at radius 2 is 1.70 bits per heavy atom. The molecular formula is C17H17F2NO3. The highest BCUT2D eigenvalue weighted by molar-refractivity contribution is 5.95. The highest BCUT2D eigenvalue weighted by Crippen LogP contribution is 2.27. The van der Waals surface area contributed by atoms with Gasteiger partial charge in [-0.05, 0) is 42.8 Å². The standard InChI is InChI=1S/C17H17F2NO3/c1-10(11-4-6-13(18)14(19)8-11)20-17(21)12-5-7-15(22-2)16(9-12)23-3/h4-10H,1-3H3,(H,20,21). The third-order valence-corrected chi connectivity index (χ3v) is 3.44. The topological polar surface area (TPSA) is 47.6 Å². The van der Waals surface area contributed by atoms with Gasteiger partial charge in [0.05, 0.1) is 20.3 Å². The summed E-state index contributed by atoms with van der Waals surface area (Å²) in [5.74, 6) is -1.29. The van der Waals surface area contributed by atoms with Crippen LogP contribution < -0.4 is 14.8 Å². The molecule has 23 heavy (non-hydrogen) atoms. The van der Waals surface area contributed by atoms with Crippen molar-refractivity contribution in [3.8, 4) is 11.5 Å². The summed E-state index contributed by atoms with van der Waals surface area (Å²) in [6.07, 6.45) is 0. The number of hydrogen-bond donors (Lipinski definition) is 1. The molecule has 2 aromatic rings. The lowest BCUT2D eigenvalue weighted by atomic mass is 10.1. The predicted molar refractivity (Wildman–Crippen MR) is 81.8 cm³/mol. The third-order valence-electron chi connectivity index (χ3n) is 3.44. The fraction of sp³-hybridized carbons (Fsp3) is 0.235. The van der Waals surface area contributed by atoms with Gasteiger partial charge in [0.25, 0.3) is 5.91 Å². The van der Waals surface area contributed by atoms with Gasteiger partial charge >= 0.3 is 0 Å². The lowest BCUT2D eigenvalue weighted by Crippen LogP contribution is -2.26. The van der Waals surface area contributed by atoms with E-state index in [0.29, 0.717) is 22.6 Å². The number of carbonyl (C=O) groups excluding carboxylic acids is 1. The Morgan fingerprint density at radius 3 is 2.30 bits per heavy atom. The van der Waals surface area contributed by atoms with Crippen LogP contribution in [0.5, 0.6) is 11.5 Å². The molecule has 1 unspecified atom stereocenters. The largest absolute Gasteiger partial charge is 0.493 e. The van der Waals surface area contributed by atoms with Crippen molar-refractivity contribution in [1.82, 2.24) is 5.32 Å². The molecule has 6 heteroatoms. The van der Waals surface area contributed by atoms with Crippen LogP contribution in [0.2, 0.25) is 0 Å².